The molecule has 2 bridgehead atoms. The molecule has 0 saturated heterocycles. The average Bonchev–Trinajstić information content (AvgIpc) is 2.57. The Morgan fingerprint density at radius 3 is 1.00 bits per heavy atom. The van der Waals surface area contributed by atoms with Gasteiger partial charge in [0.2, 0.25) is 0 Å². The van der Waals surface area contributed by atoms with E-state index in [9.17, 15) is 0 Å². The number of hydrogen-bond donors (Lipinski definition) is 0. The molecule has 2 aliphatic carbocycles. The molecule has 0 amide bonds. The Morgan fingerprint density at radius 2 is 0.867 bits per heavy atom. The Labute approximate surface area is 104 Å². The quantitative estimate of drug-likeness (QED) is 0.543. The van der Waals surface area contributed by atoms with Crippen molar-refractivity contribution in [2.75, 3.05) is 0 Å². The van der Waals surface area contributed by atoms with E-state index in [-0.39, 0.29) is 0 Å². The third kappa shape index (κ3) is 1.84. The summed E-state index contributed by atoms with van der Waals surface area (Å²) in [6.07, 6.45) is 8.18. The van der Waals surface area contributed by atoms with Crippen molar-refractivity contribution in [3.63, 3.8) is 0 Å². The van der Waals surface area contributed by atoms with Gasteiger partial charge in [-0.3, -0.25) is 0 Å². The van der Waals surface area contributed by atoms with Crippen molar-refractivity contribution in [3.8, 4) is 0 Å². The van der Waals surface area contributed by atoms with Gasteiger partial charge in [-0.2, -0.15) is 0 Å². The van der Waals surface area contributed by atoms with Crippen LogP contribution in [0.4, 0.5) is 0 Å². The summed E-state index contributed by atoms with van der Waals surface area (Å²) in [6, 6.07) is 0. The van der Waals surface area contributed by atoms with E-state index in [1.807, 2.05) is 0 Å². The molecule has 0 aliphatic heterocycles. The summed E-state index contributed by atoms with van der Waals surface area (Å²) >= 11 is -3.35. The fourth-order valence-electron chi connectivity index (χ4n) is 4.24. The van der Waals surface area contributed by atoms with Crippen LogP contribution in [-0.4, -0.2) is 36.8 Å². The van der Waals surface area contributed by atoms with Gasteiger partial charge in [0.1, 0.15) is 0 Å². The molecule has 0 aromatic carbocycles. The van der Waals surface area contributed by atoms with Crippen molar-refractivity contribution in [2.45, 2.75) is 68.6 Å². The monoisotopic (exact) mass is 424 g/mol. The van der Waals surface area contributed by atoms with Crippen LogP contribution in [0.25, 0.3) is 0 Å². The van der Waals surface area contributed by atoms with Crippen molar-refractivity contribution in [2.24, 2.45) is 0 Å². The zero-order chi connectivity index (χ0) is 11.5. The summed E-state index contributed by atoms with van der Waals surface area (Å²) in [5, 5.41) is 0. The molecule has 0 radical (unpaired) electrons. The second-order valence-electron chi connectivity index (χ2n) is 8.24. The van der Waals surface area contributed by atoms with Crippen LogP contribution in [0, 0.1) is 0 Å². The van der Waals surface area contributed by atoms with Gasteiger partial charge in [0, 0.05) is 0 Å². The van der Waals surface area contributed by atoms with E-state index in [2.05, 4.69) is 29.6 Å². The van der Waals surface area contributed by atoms with E-state index in [0.717, 1.165) is 6.86 Å². The van der Waals surface area contributed by atoms with Crippen molar-refractivity contribution in [1.29, 1.82) is 0 Å². The average molecular weight is 422 g/mol. The Balaban J connectivity index is 2.29. The molecule has 2 heteroatoms. The van der Waals surface area contributed by atoms with Gasteiger partial charge < -0.3 is 0 Å². The summed E-state index contributed by atoms with van der Waals surface area (Å²) in [5.41, 5.74) is 0. The van der Waals surface area contributed by atoms with Gasteiger partial charge in [0.15, 0.2) is 0 Å². The van der Waals surface area contributed by atoms with Crippen molar-refractivity contribution in [3.05, 3.63) is 0 Å². The van der Waals surface area contributed by atoms with Crippen molar-refractivity contribution in [1.82, 2.24) is 0 Å². The Kier molecular flexibility index (Phi) is 3.09. The molecule has 2 rings (SSSR count). The molecule has 0 aromatic heterocycles. The van der Waals surface area contributed by atoms with E-state index in [1.165, 1.54) is 0 Å². The van der Waals surface area contributed by atoms with Gasteiger partial charge in [-0.05, 0) is 0 Å². The number of fused-ring (bicyclic) bond motifs is 2. The van der Waals surface area contributed by atoms with Crippen LogP contribution in [0.2, 0.25) is 36.5 Å². The van der Waals surface area contributed by atoms with Crippen LogP contribution >= 0.6 is 0 Å². The van der Waals surface area contributed by atoms with Crippen LogP contribution < -0.4 is 0 Å². The summed E-state index contributed by atoms with van der Waals surface area (Å²) in [5.74, 6) is 0. The minimum absolute atomic E-state index is 0.929. The first kappa shape index (κ1) is 13.0. The third-order valence-electron chi connectivity index (χ3n) is 6.02. The zero-order valence-electron chi connectivity index (χ0n) is 11.5. The summed E-state index contributed by atoms with van der Waals surface area (Å²) < 4.78 is 1.86. The molecule has 0 N–H and O–H groups in total. The fourth-order valence-corrected chi connectivity index (χ4v) is 20.6. The Bertz CT molecular complexity index is 231. The van der Waals surface area contributed by atoms with Gasteiger partial charge >= 0.3 is 105 Å². The van der Waals surface area contributed by atoms with E-state index in [0.29, 0.717) is 0 Å². The molecule has 2 fully saturated rings. The van der Waals surface area contributed by atoms with Crippen LogP contribution in [-0.2, 0) is 0 Å². The molecule has 0 atom stereocenters. The van der Waals surface area contributed by atoms with E-state index in [4.69, 9.17) is 0 Å². The van der Waals surface area contributed by atoms with Crippen LogP contribution in [0.1, 0.15) is 32.1 Å². The van der Waals surface area contributed by atoms with Crippen molar-refractivity contribution >= 4 is 36.8 Å². The van der Waals surface area contributed by atoms with E-state index < -0.39 is 36.8 Å². The van der Waals surface area contributed by atoms with Gasteiger partial charge in [-0.25, -0.2) is 0 Å². The van der Waals surface area contributed by atoms with Gasteiger partial charge in [0.05, 0.1) is 0 Å². The molecule has 2 aliphatic rings. The maximum absolute atomic E-state index is 2.69. The second kappa shape index (κ2) is 3.55. The minimum atomic E-state index is -1.68. The van der Waals surface area contributed by atoms with E-state index >= 15 is 0 Å². The first-order valence-electron chi connectivity index (χ1n) is 6.62. The standard InChI is InChI=1S/C7H10.6CH3.2Sn/c1-2-7-4-3-6(1)5-7;;;;;;;;/h1-5H2;6*1H3;;. The predicted octanol–water partition coefficient (Wildman–Crippen LogP) is 5.12. The number of rotatable bonds is 2. The molecule has 15 heavy (non-hydrogen) atoms. The normalized spacial score (nSPS) is 41.2. The van der Waals surface area contributed by atoms with Gasteiger partial charge in [0.25, 0.3) is 0 Å². The Hall–Kier alpha value is 1.60. The van der Waals surface area contributed by atoms with E-state index in [1.54, 1.807) is 32.1 Å². The van der Waals surface area contributed by atoms with Crippen molar-refractivity contribution < 1.29 is 0 Å². The van der Waals surface area contributed by atoms with Gasteiger partial charge in [-0.1, -0.05) is 0 Å². The third-order valence-corrected chi connectivity index (χ3v) is 28.0. The summed E-state index contributed by atoms with van der Waals surface area (Å²) in [7, 11) is 0. The van der Waals surface area contributed by atoms with Gasteiger partial charge in [-0.15, -0.1) is 0 Å². The molecule has 88 valence electrons. The molecular weight excluding hydrogens is 394 g/mol. The molecule has 0 nitrogen and oxygen atoms in total. The summed E-state index contributed by atoms with van der Waals surface area (Å²) in [4.78, 5) is 16.1. The maximum atomic E-state index is 2.69. The predicted molar refractivity (Wildman–Crippen MR) is 75.2 cm³/mol. The fraction of sp³-hybridized carbons (Fsp3) is 1.00. The first-order chi connectivity index (χ1) is 6.62. The molecule has 2 saturated carbocycles. The molecule has 0 unspecified atom stereocenters. The molecular formula is C13H28Sn2. The second-order valence-corrected chi connectivity index (χ2v) is 40.0. The summed E-state index contributed by atoms with van der Waals surface area (Å²) in [6.45, 7) is 0. The topological polar surface area (TPSA) is 0 Å². The molecule has 0 spiro atoms. The number of hydrogen-bond acceptors (Lipinski definition) is 0. The zero-order valence-corrected chi connectivity index (χ0v) is 17.2. The van der Waals surface area contributed by atoms with Crippen LogP contribution in [0.15, 0.2) is 0 Å². The Morgan fingerprint density at radius 1 is 0.600 bits per heavy atom. The molecule has 0 aromatic rings. The SMILES string of the molecule is [CH3][Sn]([CH3])([CH3])[C]12CC[C]([Sn]([CH3])([CH3])[CH3])(CC1)C2. The molecule has 0 heterocycles. The van der Waals surface area contributed by atoms with Crippen LogP contribution in [0.3, 0.4) is 0 Å². The first-order valence-corrected chi connectivity index (χ1v) is 26.6. The van der Waals surface area contributed by atoms with Crippen LogP contribution in [0.5, 0.6) is 0 Å².